The maximum absolute atomic E-state index is 12.7. The molecule has 0 saturated carbocycles. The van der Waals surface area contributed by atoms with Crippen molar-refractivity contribution < 1.29 is 4.79 Å². The van der Waals surface area contributed by atoms with Crippen LogP contribution in [0.5, 0.6) is 0 Å². The zero-order chi connectivity index (χ0) is 19.4. The molecule has 2 aromatic carbocycles. The first-order valence-corrected chi connectivity index (χ1v) is 10.1. The molecule has 0 radical (unpaired) electrons. The van der Waals surface area contributed by atoms with Crippen LogP contribution in [0.3, 0.4) is 0 Å². The lowest BCUT2D eigenvalue weighted by Gasteiger charge is -2.18. The van der Waals surface area contributed by atoms with Crippen molar-refractivity contribution in [3.63, 3.8) is 0 Å². The third kappa shape index (κ3) is 4.39. The molecule has 0 aliphatic heterocycles. The molecular weight excluding hydrogens is 356 g/mol. The number of benzene rings is 2. The average molecular weight is 381 g/mol. The highest BCUT2D eigenvalue weighted by atomic mass is 32.2. The first-order chi connectivity index (χ1) is 13.0. The van der Waals surface area contributed by atoms with Crippen molar-refractivity contribution in [2.45, 2.75) is 31.3 Å². The van der Waals surface area contributed by atoms with Crippen LogP contribution >= 0.6 is 11.8 Å². The van der Waals surface area contributed by atoms with E-state index in [1.54, 1.807) is 30.0 Å². The Kier molecular flexibility index (Phi) is 5.96. The Morgan fingerprint density at radius 3 is 2.22 bits per heavy atom. The second-order valence-electron chi connectivity index (χ2n) is 6.72. The predicted octanol–water partition coefficient (Wildman–Crippen LogP) is 4.52. The molecule has 3 rings (SSSR count). The first kappa shape index (κ1) is 19.2. The fraction of sp³-hybridized carbons (Fsp3) is 0.286. The lowest BCUT2D eigenvalue weighted by atomic mass is 10.0. The van der Waals surface area contributed by atoms with Crippen LogP contribution in [0.4, 0.5) is 0 Å². The molecule has 1 aromatic heterocycles. The summed E-state index contributed by atoms with van der Waals surface area (Å²) >= 11 is 1.72. The van der Waals surface area contributed by atoms with E-state index < -0.39 is 0 Å². The standard InChI is InChI=1S/C21H24N4OS/c1-15(2)25-14-22-23-20(25)13-24(3)21(26)18-7-5-16(6-8-18)17-9-11-19(27-4)12-10-17/h5-12,14-15H,13H2,1-4H3. The van der Waals surface area contributed by atoms with Gasteiger partial charge in [-0.05, 0) is 55.5 Å². The Balaban J connectivity index is 1.71. The minimum absolute atomic E-state index is 0.0300. The molecule has 1 heterocycles. The number of carbonyl (C=O) groups excluding carboxylic acids is 1. The molecule has 27 heavy (non-hydrogen) atoms. The monoisotopic (exact) mass is 380 g/mol. The van der Waals surface area contributed by atoms with Crippen LogP contribution in [-0.4, -0.2) is 38.9 Å². The smallest absolute Gasteiger partial charge is 0.254 e. The second kappa shape index (κ2) is 8.39. The number of thioether (sulfide) groups is 1. The summed E-state index contributed by atoms with van der Waals surface area (Å²) in [5.74, 6) is 0.754. The summed E-state index contributed by atoms with van der Waals surface area (Å²) < 4.78 is 1.98. The van der Waals surface area contributed by atoms with Crippen LogP contribution in [0.1, 0.15) is 36.1 Å². The van der Waals surface area contributed by atoms with Gasteiger partial charge in [0.2, 0.25) is 0 Å². The minimum Gasteiger partial charge on any atom is -0.334 e. The van der Waals surface area contributed by atoms with Gasteiger partial charge in [0.05, 0.1) is 6.54 Å². The van der Waals surface area contributed by atoms with Gasteiger partial charge in [0.15, 0.2) is 5.82 Å². The van der Waals surface area contributed by atoms with Crippen molar-refractivity contribution in [3.8, 4) is 11.1 Å². The Bertz CT molecular complexity index is 901. The van der Waals surface area contributed by atoms with E-state index in [9.17, 15) is 4.79 Å². The average Bonchev–Trinajstić information content (AvgIpc) is 3.16. The number of carbonyl (C=O) groups is 1. The molecule has 0 spiro atoms. The van der Waals surface area contributed by atoms with Gasteiger partial charge in [-0.15, -0.1) is 22.0 Å². The summed E-state index contributed by atoms with van der Waals surface area (Å²) in [6.07, 6.45) is 3.77. The van der Waals surface area contributed by atoms with Crippen LogP contribution in [0.25, 0.3) is 11.1 Å². The molecule has 0 atom stereocenters. The van der Waals surface area contributed by atoms with Crippen molar-refractivity contribution in [3.05, 3.63) is 66.2 Å². The van der Waals surface area contributed by atoms with E-state index in [0.29, 0.717) is 12.1 Å². The molecule has 0 N–H and O–H groups in total. The zero-order valence-corrected chi connectivity index (χ0v) is 16.9. The minimum atomic E-state index is -0.0300. The van der Waals surface area contributed by atoms with Gasteiger partial charge in [-0.3, -0.25) is 4.79 Å². The maximum atomic E-state index is 12.7. The highest BCUT2D eigenvalue weighted by Gasteiger charge is 2.16. The molecule has 0 unspecified atom stereocenters. The van der Waals surface area contributed by atoms with E-state index in [2.05, 4.69) is 54.6 Å². The highest BCUT2D eigenvalue weighted by molar-refractivity contribution is 7.98. The van der Waals surface area contributed by atoms with Crippen LogP contribution in [0.2, 0.25) is 0 Å². The first-order valence-electron chi connectivity index (χ1n) is 8.88. The van der Waals surface area contributed by atoms with E-state index in [1.165, 1.54) is 4.90 Å². The lowest BCUT2D eigenvalue weighted by molar-refractivity contribution is 0.0779. The molecule has 140 valence electrons. The highest BCUT2D eigenvalue weighted by Crippen LogP contribution is 2.23. The largest absolute Gasteiger partial charge is 0.334 e. The number of rotatable bonds is 6. The van der Waals surface area contributed by atoms with Gasteiger partial charge in [-0.25, -0.2) is 0 Å². The van der Waals surface area contributed by atoms with E-state index >= 15 is 0 Å². The molecule has 0 aliphatic rings. The van der Waals surface area contributed by atoms with E-state index in [1.807, 2.05) is 28.8 Å². The summed E-state index contributed by atoms with van der Waals surface area (Å²) in [6, 6.07) is 16.4. The van der Waals surface area contributed by atoms with Crippen LogP contribution in [-0.2, 0) is 6.54 Å². The third-order valence-electron chi connectivity index (χ3n) is 4.48. The number of hydrogen-bond donors (Lipinski definition) is 0. The van der Waals surface area contributed by atoms with E-state index in [-0.39, 0.29) is 11.9 Å². The zero-order valence-electron chi connectivity index (χ0n) is 16.1. The summed E-state index contributed by atoms with van der Waals surface area (Å²) in [6.45, 7) is 4.56. The Morgan fingerprint density at radius 1 is 1.07 bits per heavy atom. The lowest BCUT2D eigenvalue weighted by Crippen LogP contribution is -2.28. The summed E-state index contributed by atoms with van der Waals surface area (Å²) in [7, 11) is 1.79. The van der Waals surface area contributed by atoms with Gasteiger partial charge < -0.3 is 9.47 Å². The van der Waals surface area contributed by atoms with Crippen molar-refractivity contribution >= 4 is 17.7 Å². The fourth-order valence-electron chi connectivity index (χ4n) is 2.90. The molecule has 5 nitrogen and oxygen atoms in total. The Hall–Kier alpha value is -2.60. The van der Waals surface area contributed by atoms with Crippen molar-refractivity contribution in [2.24, 2.45) is 0 Å². The second-order valence-corrected chi connectivity index (χ2v) is 7.59. The number of hydrogen-bond acceptors (Lipinski definition) is 4. The van der Waals surface area contributed by atoms with E-state index in [0.717, 1.165) is 17.0 Å². The number of aromatic nitrogens is 3. The third-order valence-corrected chi connectivity index (χ3v) is 5.23. The van der Waals surface area contributed by atoms with Gasteiger partial charge in [0.1, 0.15) is 6.33 Å². The normalized spacial score (nSPS) is 11.0. The topological polar surface area (TPSA) is 51.0 Å². The molecule has 0 fully saturated rings. The van der Waals surface area contributed by atoms with Crippen molar-refractivity contribution in [1.82, 2.24) is 19.7 Å². The van der Waals surface area contributed by atoms with E-state index in [4.69, 9.17) is 0 Å². The summed E-state index contributed by atoms with van der Waals surface area (Å²) in [5.41, 5.74) is 2.91. The van der Waals surface area contributed by atoms with Gasteiger partial charge in [-0.1, -0.05) is 24.3 Å². The maximum Gasteiger partial charge on any atom is 0.254 e. The quantitative estimate of drug-likeness (QED) is 0.590. The molecule has 0 saturated heterocycles. The van der Waals surface area contributed by atoms with Gasteiger partial charge in [0, 0.05) is 23.5 Å². The van der Waals surface area contributed by atoms with Crippen LogP contribution < -0.4 is 0 Å². The van der Waals surface area contributed by atoms with Crippen molar-refractivity contribution in [1.29, 1.82) is 0 Å². The number of nitrogens with zero attached hydrogens (tertiary/aromatic N) is 4. The van der Waals surface area contributed by atoms with Crippen molar-refractivity contribution in [2.75, 3.05) is 13.3 Å². The summed E-state index contributed by atoms with van der Waals surface area (Å²) in [5, 5.41) is 8.10. The van der Waals surface area contributed by atoms with Crippen LogP contribution in [0, 0.1) is 0 Å². The molecular formula is C21H24N4OS. The molecule has 0 aliphatic carbocycles. The fourth-order valence-corrected chi connectivity index (χ4v) is 3.31. The number of amides is 1. The Morgan fingerprint density at radius 2 is 1.67 bits per heavy atom. The predicted molar refractivity (Wildman–Crippen MR) is 110 cm³/mol. The molecule has 6 heteroatoms. The molecule has 1 amide bonds. The summed E-state index contributed by atoms with van der Waals surface area (Å²) in [4.78, 5) is 15.7. The Labute approximate surface area is 164 Å². The SMILES string of the molecule is CSc1ccc(-c2ccc(C(=O)N(C)Cc3nncn3C(C)C)cc2)cc1. The van der Waals surface area contributed by atoms with Gasteiger partial charge >= 0.3 is 0 Å². The molecule has 0 bridgehead atoms. The molecule has 3 aromatic rings. The van der Waals surface area contributed by atoms with Gasteiger partial charge in [0.25, 0.3) is 5.91 Å². The van der Waals surface area contributed by atoms with Gasteiger partial charge in [-0.2, -0.15) is 0 Å². The van der Waals surface area contributed by atoms with Crippen LogP contribution in [0.15, 0.2) is 59.8 Å².